The Hall–Kier alpha value is -2.06. The number of nitrogens with two attached hydrogens (primary N) is 2. The third kappa shape index (κ3) is 2.43. The number of hydrogen-bond acceptors (Lipinski definition) is 5. The molecule has 9 heteroatoms. The molecular formula is C17H21ClFN5O2. The predicted octanol–water partition coefficient (Wildman–Crippen LogP) is 1.04. The van der Waals surface area contributed by atoms with E-state index in [4.69, 9.17) is 23.2 Å². The third-order valence-corrected chi connectivity index (χ3v) is 5.93. The molecule has 0 amide bonds. The molecule has 1 saturated heterocycles. The molecule has 4 N–H and O–H groups in total. The number of benzene rings is 1. The van der Waals surface area contributed by atoms with Crippen LogP contribution in [0.3, 0.4) is 0 Å². The summed E-state index contributed by atoms with van der Waals surface area (Å²) >= 11 is 6.58. The first kappa shape index (κ1) is 17.4. The van der Waals surface area contributed by atoms with Crippen molar-refractivity contribution in [3.05, 3.63) is 37.7 Å². The van der Waals surface area contributed by atoms with E-state index in [0.717, 1.165) is 18.9 Å². The van der Waals surface area contributed by atoms with Crippen LogP contribution in [-0.2, 0) is 0 Å². The molecule has 2 atom stereocenters. The Balaban J connectivity index is 2.00. The highest BCUT2D eigenvalue weighted by molar-refractivity contribution is 6.38. The van der Waals surface area contributed by atoms with E-state index in [0.29, 0.717) is 30.2 Å². The first-order valence-corrected chi connectivity index (χ1v) is 9.12. The largest absolute Gasteiger partial charge is 0.367 e. The molecule has 0 spiro atoms. The standard InChI is InChI=1S/C17H21ClFN5O2/c1-8-6-22(7-9(8)5-20)15-12(19)4-11-14(13(15)18)23(10-2-3-10)17(26)24(21)16(11)25/h4,8-10H,2-3,5-7,20-21H2,1H3/t8-,9-/m1/s1. The van der Waals surface area contributed by atoms with Crippen molar-refractivity contribution >= 4 is 28.2 Å². The number of nitrogen functional groups attached to an aromatic ring is 1. The summed E-state index contributed by atoms with van der Waals surface area (Å²) in [7, 11) is 0. The van der Waals surface area contributed by atoms with Crippen LogP contribution in [0.1, 0.15) is 25.8 Å². The van der Waals surface area contributed by atoms with Crippen LogP contribution in [0.4, 0.5) is 10.1 Å². The van der Waals surface area contributed by atoms with Crippen molar-refractivity contribution in [3.8, 4) is 0 Å². The maximum Gasteiger partial charge on any atom is 0.350 e. The highest BCUT2D eigenvalue weighted by Crippen LogP contribution is 2.42. The van der Waals surface area contributed by atoms with E-state index in [2.05, 4.69) is 6.92 Å². The van der Waals surface area contributed by atoms with Gasteiger partial charge in [0.05, 0.1) is 21.6 Å². The molecule has 4 rings (SSSR count). The molecule has 0 unspecified atom stereocenters. The van der Waals surface area contributed by atoms with Gasteiger partial charge >= 0.3 is 5.69 Å². The molecule has 0 bridgehead atoms. The maximum atomic E-state index is 14.9. The summed E-state index contributed by atoms with van der Waals surface area (Å²) < 4.78 is 16.9. The van der Waals surface area contributed by atoms with Crippen molar-refractivity contribution in [1.82, 2.24) is 9.24 Å². The van der Waals surface area contributed by atoms with Crippen molar-refractivity contribution in [3.63, 3.8) is 0 Å². The van der Waals surface area contributed by atoms with Gasteiger partial charge in [0.15, 0.2) is 0 Å². The van der Waals surface area contributed by atoms with E-state index < -0.39 is 17.1 Å². The molecule has 1 aromatic heterocycles. The SMILES string of the molecule is C[C@@H]1CN(c2c(F)cc3c(=O)n(N)c(=O)n(C4CC4)c3c2Cl)C[C@H]1CN. The lowest BCUT2D eigenvalue weighted by Crippen LogP contribution is -2.44. The lowest BCUT2D eigenvalue weighted by molar-refractivity contribution is 0.463. The Bertz CT molecular complexity index is 1010. The topological polar surface area (TPSA) is 99.3 Å². The average molecular weight is 382 g/mol. The second-order valence-corrected chi connectivity index (χ2v) is 7.73. The Morgan fingerprint density at radius 3 is 2.58 bits per heavy atom. The second kappa shape index (κ2) is 5.99. The van der Waals surface area contributed by atoms with Crippen LogP contribution in [0.2, 0.25) is 5.02 Å². The number of nitrogens with zero attached hydrogens (tertiary/aromatic N) is 3. The molecule has 140 valence electrons. The van der Waals surface area contributed by atoms with E-state index in [1.54, 1.807) is 0 Å². The summed E-state index contributed by atoms with van der Waals surface area (Å²) in [6, 6.07) is 1.08. The molecule has 1 saturated carbocycles. The molecule has 1 aliphatic carbocycles. The van der Waals surface area contributed by atoms with Crippen LogP contribution < -0.4 is 27.7 Å². The quantitative estimate of drug-likeness (QED) is 0.774. The first-order chi connectivity index (χ1) is 12.3. The summed E-state index contributed by atoms with van der Waals surface area (Å²) in [6.45, 7) is 3.78. The summed E-state index contributed by atoms with van der Waals surface area (Å²) in [5.74, 6) is 5.56. The average Bonchev–Trinajstić information content (AvgIpc) is 3.37. The van der Waals surface area contributed by atoms with E-state index in [-0.39, 0.29) is 33.6 Å². The molecule has 26 heavy (non-hydrogen) atoms. The highest BCUT2D eigenvalue weighted by Gasteiger charge is 2.34. The van der Waals surface area contributed by atoms with E-state index in [9.17, 15) is 14.0 Å². The molecule has 2 fully saturated rings. The van der Waals surface area contributed by atoms with Crippen LogP contribution in [0.5, 0.6) is 0 Å². The summed E-state index contributed by atoms with van der Waals surface area (Å²) in [4.78, 5) is 26.8. The molecule has 1 aliphatic heterocycles. The third-order valence-electron chi connectivity index (χ3n) is 5.57. The van der Waals surface area contributed by atoms with Crippen LogP contribution in [0.25, 0.3) is 10.9 Å². The van der Waals surface area contributed by atoms with Gasteiger partial charge in [0, 0.05) is 19.1 Å². The number of halogens is 2. The zero-order valence-electron chi connectivity index (χ0n) is 14.4. The number of hydrogen-bond donors (Lipinski definition) is 2. The Kier molecular flexibility index (Phi) is 4.00. The lowest BCUT2D eigenvalue weighted by atomic mass is 9.99. The van der Waals surface area contributed by atoms with Gasteiger partial charge in [-0.1, -0.05) is 18.5 Å². The van der Waals surface area contributed by atoms with E-state index >= 15 is 0 Å². The lowest BCUT2D eigenvalue weighted by Gasteiger charge is -2.23. The van der Waals surface area contributed by atoms with Crippen LogP contribution in [0, 0.1) is 17.7 Å². The van der Waals surface area contributed by atoms with Gasteiger partial charge in [0.25, 0.3) is 5.56 Å². The Morgan fingerprint density at radius 1 is 1.31 bits per heavy atom. The molecule has 2 heterocycles. The summed E-state index contributed by atoms with van der Waals surface area (Å²) in [6.07, 6.45) is 1.60. The Labute approximate surface area is 153 Å². The van der Waals surface area contributed by atoms with Crippen molar-refractivity contribution in [1.29, 1.82) is 0 Å². The van der Waals surface area contributed by atoms with Gasteiger partial charge in [-0.25, -0.2) is 9.18 Å². The second-order valence-electron chi connectivity index (χ2n) is 7.35. The van der Waals surface area contributed by atoms with Crippen molar-refractivity contribution in [2.45, 2.75) is 25.8 Å². The van der Waals surface area contributed by atoms with Gasteiger partial charge in [-0.2, -0.15) is 4.68 Å². The van der Waals surface area contributed by atoms with Crippen molar-refractivity contribution in [2.75, 3.05) is 30.4 Å². The fourth-order valence-electron chi connectivity index (χ4n) is 3.91. The number of aromatic nitrogens is 2. The number of rotatable bonds is 3. The molecule has 7 nitrogen and oxygen atoms in total. The number of anilines is 1. The van der Waals surface area contributed by atoms with Crippen molar-refractivity contribution in [2.24, 2.45) is 17.6 Å². The van der Waals surface area contributed by atoms with E-state index in [1.165, 1.54) is 4.57 Å². The fraction of sp³-hybridized carbons (Fsp3) is 0.529. The van der Waals surface area contributed by atoms with Gasteiger partial charge in [-0.15, -0.1) is 0 Å². The van der Waals surface area contributed by atoms with Crippen LogP contribution in [-0.4, -0.2) is 28.9 Å². The van der Waals surface area contributed by atoms with Gasteiger partial charge in [-0.05, 0) is 37.3 Å². The molecule has 1 aromatic carbocycles. The number of fused-ring (bicyclic) bond motifs is 1. The fourth-order valence-corrected chi connectivity index (χ4v) is 4.31. The minimum atomic E-state index is -0.746. The highest BCUT2D eigenvalue weighted by atomic mass is 35.5. The van der Waals surface area contributed by atoms with Gasteiger partial charge in [-0.3, -0.25) is 9.36 Å². The smallest absolute Gasteiger partial charge is 0.350 e. The zero-order valence-corrected chi connectivity index (χ0v) is 15.2. The monoisotopic (exact) mass is 381 g/mol. The molecule has 0 radical (unpaired) electrons. The van der Waals surface area contributed by atoms with Gasteiger partial charge in [0.1, 0.15) is 5.82 Å². The van der Waals surface area contributed by atoms with Gasteiger partial charge in [0.2, 0.25) is 0 Å². The predicted molar refractivity (Wildman–Crippen MR) is 99.8 cm³/mol. The summed E-state index contributed by atoms with van der Waals surface area (Å²) in [5.41, 5.74) is 4.93. The van der Waals surface area contributed by atoms with Gasteiger partial charge < -0.3 is 16.5 Å². The zero-order chi connectivity index (χ0) is 18.7. The van der Waals surface area contributed by atoms with Crippen LogP contribution in [0.15, 0.2) is 15.7 Å². The molecule has 2 aliphatic rings. The van der Waals surface area contributed by atoms with Crippen molar-refractivity contribution < 1.29 is 4.39 Å². The molecule has 2 aromatic rings. The maximum absolute atomic E-state index is 14.9. The van der Waals surface area contributed by atoms with E-state index in [1.807, 2.05) is 4.90 Å². The molecular weight excluding hydrogens is 361 g/mol. The summed E-state index contributed by atoms with van der Waals surface area (Å²) in [5, 5.41) is 0.111. The first-order valence-electron chi connectivity index (χ1n) is 8.74. The normalized spacial score (nSPS) is 23.2. The minimum absolute atomic E-state index is 0.0212. The minimum Gasteiger partial charge on any atom is -0.367 e. The Morgan fingerprint density at radius 2 is 2.00 bits per heavy atom. The van der Waals surface area contributed by atoms with Crippen LogP contribution >= 0.6 is 11.6 Å².